The second kappa shape index (κ2) is 5.61. The minimum atomic E-state index is -0.914. The van der Waals surface area contributed by atoms with Gasteiger partial charge in [0, 0.05) is 18.5 Å². The highest BCUT2D eigenvalue weighted by atomic mass is 32.1. The van der Waals surface area contributed by atoms with Crippen LogP contribution >= 0.6 is 11.3 Å². The molecule has 1 N–H and O–H groups in total. The molecule has 1 aliphatic rings. The minimum Gasteiger partial charge on any atom is -0.480 e. The number of carbonyl (C=O) groups is 2. The fraction of sp³-hybridized carbons (Fsp3) is 0.538. The topological polar surface area (TPSA) is 60.9 Å². The third kappa shape index (κ3) is 2.73. The van der Waals surface area contributed by atoms with Gasteiger partial charge in [0.1, 0.15) is 6.04 Å². The Morgan fingerprint density at radius 2 is 2.32 bits per heavy atom. The average molecular weight is 282 g/mol. The molecule has 1 aliphatic heterocycles. The van der Waals surface area contributed by atoms with Crippen molar-refractivity contribution >= 4 is 23.3 Å². The third-order valence-corrected chi connectivity index (χ3v) is 4.66. The van der Waals surface area contributed by atoms with E-state index in [0.29, 0.717) is 13.0 Å². The molecule has 6 heteroatoms. The number of carbonyl (C=O) groups excluding carboxylic acids is 1. The van der Waals surface area contributed by atoms with Gasteiger partial charge in [-0.3, -0.25) is 0 Å². The molecule has 2 atom stereocenters. The van der Waals surface area contributed by atoms with Gasteiger partial charge in [-0.2, -0.15) is 0 Å². The Bertz CT molecular complexity index is 460. The first-order valence-corrected chi connectivity index (χ1v) is 7.20. The van der Waals surface area contributed by atoms with Crippen LogP contribution in [0.4, 0.5) is 4.79 Å². The average Bonchev–Trinajstić information content (AvgIpc) is 3.06. The maximum Gasteiger partial charge on any atom is 0.326 e. The van der Waals surface area contributed by atoms with Gasteiger partial charge in [-0.15, -0.1) is 11.3 Å². The summed E-state index contributed by atoms with van der Waals surface area (Å²) in [6.45, 7) is 2.48. The van der Waals surface area contributed by atoms with Crippen LogP contribution in [0.3, 0.4) is 0 Å². The molecule has 1 fully saturated rings. The van der Waals surface area contributed by atoms with E-state index < -0.39 is 12.0 Å². The molecule has 2 rings (SSSR count). The lowest BCUT2D eigenvalue weighted by Gasteiger charge is -2.31. The van der Waals surface area contributed by atoms with Crippen molar-refractivity contribution in [3.63, 3.8) is 0 Å². The summed E-state index contributed by atoms with van der Waals surface area (Å²) < 4.78 is 0. The lowest BCUT2D eigenvalue weighted by molar-refractivity contribution is -0.141. The van der Waals surface area contributed by atoms with Crippen LogP contribution < -0.4 is 0 Å². The first-order chi connectivity index (χ1) is 9.02. The van der Waals surface area contributed by atoms with Crippen molar-refractivity contribution in [3.05, 3.63) is 22.4 Å². The van der Waals surface area contributed by atoms with E-state index in [0.717, 1.165) is 11.3 Å². The van der Waals surface area contributed by atoms with Crippen molar-refractivity contribution in [2.75, 3.05) is 13.6 Å². The fourth-order valence-corrected chi connectivity index (χ4v) is 3.17. The van der Waals surface area contributed by atoms with Gasteiger partial charge in [0.25, 0.3) is 0 Å². The van der Waals surface area contributed by atoms with E-state index in [1.54, 1.807) is 23.3 Å². The number of urea groups is 1. The second-order valence-corrected chi connectivity index (χ2v) is 5.75. The number of amides is 2. The fourth-order valence-electron chi connectivity index (χ4n) is 2.34. The molecule has 2 heterocycles. The summed E-state index contributed by atoms with van der Waals surface area (Å²) >= 11 is 1.60. The molecule has 104 valence electrons. The highest BCUT2D eigenvalue weighted by molar-refractivity contribution is 7.10. The summed E-state index contributed by atoms with van der Waals surface area (Å²) in [5, 5.41) is 11.1. The summed E-state index contributed by atoms with van der Waals surface area (Å²) in [5.74, 6) is -0.914. The minimum absolute atomic E-state index is 0.0393. The van der Waals surface area contributed by atoms with E-state index >= 15 is 0 Å². The number of hydrogen-bond donors (Lipinski definition) is 1. The lowest BCUT2D eigenvalue weighted by Crippen LogP contribution is -2.47. The molecule has 0 aromatic carbocycles. The Kier molecular flexibility index (Phi) is 4.09. The quantitative estimate of drug-likeness (QED) is 0.926. The van der Waals surface area contributed by atoms with Crippen molar-refractivity contribution in [1.82, 2.24) is 9.80 Å². The third-order valence-electron chi connectivity index (χ3n) is 3.62. The van der Waals surface area contributed by atoms with E-state index in [9.17, 15) is 9.59 Å². The van der Waals surface area contributed by atoms with Crippen LogP contribution in [0.25, 0.3) is 0 Å². The molecule has 1 aromatic rings. The van der Waals surface area contributed by atoms with Crippen molar-refractivity contribution < 1.29 is 14.7 Å². The van der Waals surface area contributed by atoms with Crippen LogP contribution in [0, 0.1) is 0 Å². The zero-order valence-corrected chi connectivity index (χ0v) is 11.9. The van der Waals surface area contributed by atoms with Crippen LogP contribution in [0.1, 0.15) is 30.7 Å². The summed E-state index contributed by atoms with van der Waals surface area (Å²) in [6, 6.07) is 3.02. The summed E-state index contributed by atoms with van der Waals surface area (Å²) in [7, 11) is 1.73. The number of carboxylic acids is 1. The number of carboxylic acid groups (broad SMARTS) is 1. The highest BCUT2D eigenvalue weighted by Gasteiger charge is 2.36. The van der Waals surface area contributed by atoms with Gasteiger partial charge in [-0.05, 0) is 31.2 Å². The van der Waals surface area contributed by atoms with Gasteiger partial charge < -0.3 is 14.9 Å². The maximum absolute atomic E-state index is 12.4. The van der Waals surface area contributed by atoms with E-state index in [1.807, 2.05) is 24.4 Å². The molecule has 0 aliphatic carbocycles. The summed E-state index contributed by atoms with van der Waals surface area (Å²) in [6.07, 6.45) is 1.30. The predicted molar refractivity (Wildman–Crippen MR) is 73.3 cm³/mol. The molecule has 1 saturated heterocycles. The van der Waals surface area contributed by atoms with Crippen molar-refractivity contribution in [1.29, 1.82) is 0 Å². The molecular formula is C13H18N2O3S. The molecule has 0 spiro atoms. The van der Waals surface area contributed by atoms with E-state index in [4.69, 9.17) is 5.11 Å². The molecule has 2 amide bonds. The molecule has 0 radical (unpaired) electrons. The normalized spacial score (nSPS) is 20.3. The Morgan fingerprint density at radius 1 is 1.58 bits per heavy atom. The molecular weight excluding hydrogens is 264 g/mol. The van der Waals surface area contributed by atoms with E-state index in [-0.39, 0.29) is 12.1 Å². The zero-order valence-electron chi connectivity index (χ0n) is 11.1. The standard InChI is InChI=1S/C13H18N2O3S/c1-9(11-6-4-8-19-11)14(2)13(18)15-7-3-5-10(15)12(16)17/h4,6,8-10H,3,5,7H2,1-2H3,(H,16,17)/t9?,10-/m0/s1. The Balaban J connectivity index is 2.08. The van der Waals surface area contributed by atoms with Crippen LogP contribution in [0.5, 0.6) is 0 Å². The largest absolute Gasteiger partial charge is 0.480 e. The zero-order chi connectivity index (χ0) is 14.0. The first kappa shape index (κ1) is 13.9. The SMILES string of the molecule is CC(c1cccs1)N(C)C(=O)N1CCC[C@H]1C(=O)O. The summed E-state index contributed by atoms with van der Waals surface area (Å²) in [5.41, 5.74) is 0. The van der Waals surface area contributed by atoms with E-state index in [2.05, 4.69) is 0 Å². The summed E-state index contributed by atoms with van der Waals surface area (Å²) in [4.78, 5) is 27.7. The van der Waals surface area contributed by atoms with E-state index in [1.165, 1.54) is 4.90 Å². The van der Waals surface area contributed by atoms with Crippen LogP contribution in [0.2, 0.25) is 0 Å². The Hall–Kier alpha value is -1.56. The monoisotopic (exact) mass is 282 g/mol. The van der Waals surface area contributed by atoms with Gasteiger partial charge in [0.15, 0.2) is 0 Å². The van der Waals surface area contributed by atoms with Gasteiger partial charge >= 0.3 is 12.0 Å². The van der Waals surface area contributed by atoms with Crippen molar-refractivity contribution in [3.8, 4) is 0 Å². The molecule has 0 saturated carbocycles. The van der Waals surface area contributed by atoms with Crippen molar-refractivity contribution in [2.45, 2.75) is 31.8 Å². The number of hydrogen-bond acceptors (Lipinski definition) is 3. The smallest absolute Gasteiger partial charge is 0.326 e. The number of thiophene rings is 1. The number of nitrogens with zero attached hydrogens (tertiary/aromatic N) is 2. The molecule has 1 aromatic heterocycles. The molecule has 0 bridgehead atoms. The first-order valence-electron chi connectivity index (χ1n) is 6.32. The Morgan fingerprint density at radius 3 is 2.89 bits per heavy atom. The second-order valence-electron chi connectivity index (χ2n) is 4.77. The highest BCUT2D eigenvalue weighted by Crippen LogP contribution is 2.26. The molecule has 19 heavy (non-hydrogen) atoms. The van der Waals surface area contributed by atoms with Crippen LogP contribution in [0.15, 0.2) is 17.5 Å². The van der Waals surface area contributed by atoms with Gasteiger partial charge in [-0.25, -0.2) is 9.59 Å². The van der Waals surface area contributed by atoms with Crippen LogP contribution in [-0.4, -0.2) is 46.5 Å². The van der Waals surface area contributed by atoms with Crippen molar-refractivity contribution in [2.24, 2.45) is 0 Å². The van der Waals surface area contributed by atoms with Gasteiger partial charge in [0.2, 0.25) is 0 Å². The Labute approximate surface area is 116 Å². The molecule has 1 unspecified atom stereocenters. The molecule has 5 nitrogen and oxygen atoms in total. The van der Waals surface area contributed by atoms with Gasteiger partial charge in [0.05, 0.1) is 6.04 Å². The number of rotatable bonds is 3. The van der Waals surface area contributed by atoms with Crippen LogP contribution in [-0.2, 0) is 4.79 Å². The number of likely N-dealkylation sites (tertiary alicyclic amines) is 1. The number of aliphatic carboxylic acids is 1. The van der Waals surface area contributed by atoms with Gasteiger partial charge in [-0.1, -0.05) is 6.07 Å². The lowest BCUT2D eigenvalue weighted by atomic mass is 10.2. The predicted octanol–water partition coefficient (Wildman–Crippen LogP) is 2.41. The maximum atomic E-state index is 12.4.